The van der Waals surface area contributed by atoms with Crippen molar-refractivity contribution >= 4 is 11.3 Å². The third-order valence-corrected chi connectivity index (χ3v) is 3.26. The molecule has 0 bridgehead atoms. The van der Waals surface area contributed by atoms with E-state index in [4.69, 9.17) is 5.26 Å². The summed E-state index contributed by atoms with van der Waals surface area (Å²) in [5, 5.41) is 11.9. The van der Waals surface area contributed by atoms with Gasteiger partial charge in [0.05, 0.1) is 22.7 Å². The topological polar surface area (TPSA) is 36.7 Å². The fourth-order valence-corrected chi connectivity index (χ4v) is 2.26. The molecule has 1 aromatic rings. The number of hydrogen-bond acceptors (Lipinski definition) is 3. The molecule has 3 heteroatoms. The van der Waals surface area contributed by atoms with E-state index < -0.39 is 0 Å². The molecule has 0 N–H and O–H groups in total. The summed E-state index contributed by atoms with van der Waals surface area (Å²) in [5.41, 5.74) is 0.947. The van der Waals surface area contributed by atoms with E-state index in [-0.39, 0.29) is 5.92 Å². The lowest BCUT2D eigenvalue weighted by Gasteiger charge is -1.94. The lowest BCUT2D eigenvalue weighted by molar-refractivity contribution is 0.810. The van der Waals surface area contributed by atoms with E-state index in [9.17, 15) is 0 Å². The molecule has 1 fully saturated rings. The van der Waals surface area contributed by atoms with Crippen LogP contribution in [0.2, 0.25) is 0 Å². The molecule has 0 saturated heterocycles. The number of aromatic nitrogens is 1. The SMILES string of the molecule is CC(C#N)c1csc(CC2CC2)n1. The Kier molecular flexibility index (Phi) is 2.32. The molecule has 0 amide bonds. The molecule has 1 atom stereocenters. The Hall–Kier alpha value is -0.880. The molecule has 1 aliphatic carbocycles. The van der Waals surface area contributed by atoms with Gasteiger partial charge >= 0.3 is 0 Å². The average molecular weight is 192 g/mol. The van der Waals surface area contributed by atoms with Gasteiger partial charge in [-0.05, 0) is 25.7 Å². The van der Waals surface area contributed by atoms with Crippen molar-refractivity contribution in [1.82, 2.24) is 4.98 Å². The zero-order valence-electron chi connectivity index (χ0n) is 7.66. The third-order valence-electron chi connectivity index (χ3n) is 2.37. The van der Waals surface area contributed by atoms with Crippen molar-refractivity contribution in [2.45, 2.75) is 32.1 Å². The highest BCUT2D eigenvalue weighted by Gasteiger charge is 2.23. The van der Waals surface area contributed by atoms with E-state index in [1.54, 1.807) is 11.3 Å². The van der Waals surface area contributed by atoms with Crippen molar-refractivity contribution in [2.75, 3.05) is 0 Å². The summed E-state index contributed by atoms with van der Waals surface area (Å²) in [7, 11) is 0. The molecular weight excluding hydrogens is 180 g/mol. The fourth-order valence-electron chi connectivity index (χ4n) is 1.25. The van der Waals surface area contributed by atoms with Crippen molar-refractivity contribution in [1.29, 1.82) is 5.26 Å². The molecule has 0 radical (unpaired) electrons. The molecule has 0 aromatic carbocycles. The molecule has 1 saturated carbocycles. The molecule has 2 rings (SSSR count). The van der Waals surface area contributed by atoms with Crippen LogP contribution in [0.5, 0.6) is 0 Å². The molecule has 1 unspecified atom stereocenters. The standard InChI is InChI=1S/C10H12N2S/c1-7(5-11)9-6-13-10(12-9)4-8-2-3-8/h6-8H,2-4H2,1H3. The number of nitriles is 1. The molecule has 1 aliphatic rings. The monoisotopic (exact) mass is 192 g/mol. The maximum absolute atomic E-state index is 8.71. The minimum Gasteiger partial charge on any atom is -0.245 e. The van der Waals surface area contributed by atoms with Crippen LogP contribution in [0.1, 0.15) is 36.4 Å². The van der Waals surface area contributed by atoms with Crippen LogP contribution in [0.3, 0.4) is 0 Å². The number of thiazole rings is 1. The summed E-state index contributed by atoms with van der Waals surface area (Å²) in [6.07, 6.45) is 3.86. The first-order chi connectivity index (χ1) is 6.29. The maximum atomic E-state index is 8.71. The van der Waals surface area contributed by atoms with Gasteiger partial charge in [-0.25, -0.2) is 4.98 Å². The van der Waals surface area contributed by atoms with Gasteiger partial charge in [0, 0.05) is 11.8 Å². The number of rotatable bonds is 3. The summed E-state index contributed by atoms with van der Waals surface area (Å²) >= 11 is 1.70. The van der Waals surface area contributed by atoms with E-state index in [1.807, 2.05) is 12.3 Å². The van der Waals surface area contributed by atoms with Crippen molar-refractivity contribution in [3.8, 4) is 6.07 Å². The molecule has 13 heavy (non-hydrogen) atoms. The van der Waals surface area contributed by atoms with Gasteiger partial charge in [0.25, 0.3) is 0 Å². The van der Waals surface area contributed by atoms with Crippen LogP contribution < -0.4 is 0 Å². The van der Waals surface area contributed by atoms with E-state index in [2.05, 4.69) is 11.1 Å². The van der Waals surface area contributed by atoms with Crippen molar-refractivity contribution in [2.24, 2.45) is 5.92 Å². The number of hydrogen-bond donors (Lipinski definition) is 0. The second kappa shape index (κ2) is 3.47. The number of nitrogens with zero attached hydrogens (tertiary/aromatic N) is 2. The predicted octanol–water partition coefficient (Wildman–Crippen LogP) is 2.72. The normalized spacial score (nSPS) is 18.2. The Labute approximate surface area is 82.2 Å². The lowest BCUT2D eigenvalue weighted by Crippen LogP contribution is -1.91. The molecule has 2 nitrogen and oxygen atoms in total. The minimum atomic E-state index is -0.0517. The van der Waals surface area contributed by atoms with E-state index in [0.717, 1.165) is 18.0 Å². The van der Waals surface area contributed by atoms with Gasteiger partial charge in [-0.2, -0.15) is 5.26 Å². The Balaban J connectivity index is 2.04. The molecule has 0 aliphatic heterocycles. The van der Waals surface area contributed by atoms with Gasteiger partial charge in [-0.15, -0.1) is 11.3 Å². The van der Waals surface area contributed by atoms with Crippen LogP contribution >= 0.6 is 11.3 Å². The summed E-state index contributed by atoms with van der Waals surface area (Å²) in [4.78, 5) is 4.46. The fraction of sp³-hybridized carbons (Fsp3) is 0.600. The quantitative estimate of drug-likeness (QED) is 0.738. The smallest absolute Gasteiger partial charge is 0.0931 e. The molecule has 1 heterocycles. The van der Waals surface area contributed by atoms with Gasteiger partial charge in [-0.3, -0.25) is 0 Å². The second-order valence-electron chi connectivity index (χ2n) is 3.66. The molecule has 68 valence electrons. The average Bonchev–Trinajstić information content (AvgIpc) is 2.81. The first-order valence-corrected chi connectivity index (χ1v) is 5.51. The second-order valence-corrected chi connectivity index (χ2v) is 4.61. The Morgan fingerprint density at radius 1 is 1.77 bits per heavy atom. The van der Waals surface area contributed by atoms with Gasteiger partial charge in [0.1, 0.15) is 0 Å². The van der Waals surface area contributed by atoms with Gasteiger partial charge in [0.2, 0.25) is 0 Å². The van der Waals surface area contributed by atoms with E-state index in [0.29, 0.717) is 0 Å². The highest BCUT2D eigenvalue weighted by Crippen LogP contribution is 2.33. The predicted molar refractivity (Wildman–Crippen MR) is 52.6 cm³/mol. The maximum Gasteiger partial charge on any atom is 0.0931 e. The lowest BCUT2D eigenvalue weighted by atomic mass is 10.1. The van der Waals surface area contributed by atoms with E-state index in [1.165, 1.54) is 17.8 Å². The minimum absolute atomic E-state index is 0.0517. The zero-order valence-corrected chi connectivity index (χ0v) is 8.47. The Morgan fingerprint density at radius 2 is 2.54 bits per heavy atom. The largest absolute Gasteiger partial charge is 0.245 e. The Bertz CT molecular complexity index is 333. The highest BCUT2D eigenvalue weighted by molar-refractivity contribution is 7.09. The van der Waals surface area contributed by atoms with Crippen molar-refractivity contribution in [3.63, 3.8) is 0 Å². The summed E-state index contributed by atoms with van der Waals surface area (Å²) in [6, 6.07) is 2.21. The summed E-state index contributed by atoms with van der Waals surface area (Å²) in [6.45, 7) is 1.90. The van der Waals surface area contributed by atoms with Crippen molar-refractivity contribution in [3.05, 3.63) is 16.1 Å². The Morgan fingerprint density at radius 3 is 3.15 bits per heavy atom. The third kappa shape index (κ3) is 2.07. The first-order valence-electron chi connectivity index (χ1n) is 4.63. The summed E-state index contributed by atoms with van der Waals surface area (Å²) in [5.74, 6) is 0.834. The van der Waals surface area contributed by atoms with Crippen LogP contribution in [-0.2, 0) is 6.42 Å². The van der Waals surface area contributed by atoms with E-state index >= 15 is 0 Å². The zero-order chi connectivity index (χ0) is 9.26. The van der Waals surface area contributed by atoms with Crippen molar-refractivity contribution < 1.29 is 0 Å². The first kappa shape index (κ1) is 8.71. The summed E-state index contributed by atoms with van der Waals surface area (Å²) < 4.78 is 0. The van der Waals surface area contributed by atoms with Crippen LogP contribution in [0.4, 0.5) is 0 Å². The highest BCUT2D eigenvalue weighted by atomic mass is 32.1. The van der Waals surface area contributed by atoms with Crippen LogP contribution in [0.15, 0.2) is 5.38 Å². The van der Waals surface area contributed by atoms with Gasteiger partial charge in [0.15, 0.2) is 0 Å². The molecule has 0 spiro atoms. The molecular formula is C10H12N2S. The van der Waals surface area contributed by atoms with Crippen LogP contribution in [-0.4, -0.2) is 4.98 Å². The van der Waals surface area contributed by atoms with Crippen LogP contribution in [0.25, 0.3) is 0 Å². The van der Waals surface area contributed by atoms with Gasteiger partial charge < -0.3 is 0 Å². The molecule has 1 aromatic heterocycles. The van der Waals surface area contributed by atoms with Crippen LogP contribution in [0, 0.1) is 17.2 Å². The van der Waals surface area contributed by atoms with Gasteiger partial charge in [-0.1, -0.05) is 0 Å².